The Kier molecular flexibility index (Phi) is 5.09. The van der Waals surface area contributed by atoms with E-state index in [0.29, 0.717) is 16.8 Å². The summed E-state index contributed by atoms with van der Waals surface area (Å²) in [5, 5.41) is 12.1. The third kappa shape index (κ3) is 3.89. The minimum Gasteiger partial charge on any atom is -0.317 e. The Labute approximate surface area is 160 Å². The van der Waals surface area contributed by atoms with E-state index in [4.69, 9.17) is 0 Å². The summed E-state index contributed by atoms with van der Waals surface area (Å²) in [5.74, 6) is 0.254. The van der Waals surface area contributed by atoms with Crippen molar-refractivity contribution in [2.24, 2.45) is 0 Å². The van der Waals surface area contributed by atoms with Gasteiger partial charge in [0.1, 0.15) is 5.69 Å². The molecule has 1 N–H and O–H groups in total. The van der Waals surface area contributed by atoms with Crippen molar-refractivity contribution < 1.29 is 13.2 Å². The predicted octanol–water partition coefficient (Wildman–Crippen LogP) is 4.69. The van der Waals surface area contributed by atoms with Gasteiger partial charge in [-0.3, -0.25) is 4.98 Å². The summed E-state index contributed by atoms with van der Waals surface area (Å²) in [6.45, 7) is 1.80. The highest BCUT2D eigenvalue weighted by atomic mass is 19.4. The van der Waals surface area contributed by atoms with Gasteiger partial charge in [0.05, 0.1) is 11.3 Å². The van der Waals surface area contributed by atoms with Crippen LogP contribution in [0.3, 0.4) is 0 Å². The van der Waals surface area contributed by atoms with Crippen LogP contribution in [0.5, 0.6) is 0 Å². The molecule has 3 aromatic rings. The van der Waals surface area contributed by atoms with Crippen LogP contribution in [0, 0.1) is 0 Å². The first-order valence-electron chi connectivity index (χ1n) is 9.19. The average Bonchev–Trinajstić information content (AvgIpc) is 2.74. The van der Waals surface area contributed by atoms with Crippen LogP contribution in [0.1, 0.15) is 30.0 Å². The van der Waals surface area contributed by atoms with Crippen LogP contribution >= 0.6 is 0 Å². The van der Waals surface area contributed by atoms with Gasteiger partial charge in [0.25, 0.3) is 0 Å². The molecule has 28 heavy (non-hydrogen) atoms. The molecule has 1 saturated heterocycles. The van der Waals surface area contributed by atoms with Crippen molar-refractivity contribution in [2.75, 3.05) is 13.1 Å². The fraction of sp³-hybridized carbons (Fsp3) is 0.286. The third-order valence-corrected chi connectivity index (χ3v) is 5.02. The Morgan fingerprint density at radius 3 is 2.36 bits per heavy atom. The summed E-state index contributed by atoms with van der Waals surface area (Å²) >= 11 is 0. The molecule has 4 nitrogen and oxygen atoms in total. The molecule has 0 atom stereocenters. The molecule has 1 aliphatic rings. The van der Waals surface area contributed by atoms with Crippen molar-refractivity contribution >= 4 is 0 Å². The van der Waals surface area contributed by atoms with E-state index in [1.165, 1.54) is 12.1 Å². The van der Waals surface area contributed by atoms with Gasteiger partial charge in [-0.05, 0) is 61.8 Å². The number of benzene rings is 1. The smallest absolute Gasteiger partial charge is 0.317 e. The lowest BCUT2D eigenvalue weighted by atomic mass is 9.91. The van der Waals surface area contributed by atoms with Crippen molar-refractivity contribution in [1.82, 2.24) is 20.5 Å². The molecule has 2 aromatic heterocycles. The summed E-state index contributed by atoms with van der Waals surface area (Å²) in [6.07, 6.45) is 0.739. The summed E-state index contributed by atoms with van der Waals surface area (Å²) in [5.41, 5.74) is 2.61. The lowest BCUT2D eigenvalue weighted by molar-refractivity contribution is -0.137. The van der Waals surface area contributed by atoms with Crippen LogP contribution < -0.4 is 5.32 Å². The molecule has 0 saturated carbocycles. The zero-order valence-corrected chi connectivity index (χ0v) is 15.1. The van der Waals surface area contributed by atoms with E-state index in [2.05, 4.69) is 20.5 Å². The van der Waals surface area contributed by atoms with Crippen molar-refractivity contribution in [2.45, 2.75) is 24.9 Å². The average molecular weight is 384 g/mol. The number of nitrogens with zero attached hydrogens (tertiary/aromatic N) is 3. The number of aromatic nitrogens is 3. The molecule has 144 valence electrons. The van der Waals surface area contributed by atoms with Crippen LogP contribution in [-0.4, -0.2) is 28.3 Å². The van der Waals surface area contributed by atoms with Gasteiger partial charge >= 0.3 is 6.18 Å². The van der Waals surface area contributed by atoms with Gasteiger partial charge in [0.15, 0.2) is 0 Å². The number of hydrogen-bond acceptors (Lipinski definition) is 4. The third-order valence-electron chi connectivity index (χ3n) is 5.02. The molecule has 0 amide bonds. The van der Waals surface area contributed by atoms with Gasteiger partial charge in [0.2, 0.25) is 0 Å². The maximum atomic E-state index is 13.2. The molecule has 0 radical (unpaired) electrons. The Morgan fingerprint density at radius 2 is 1.64 bits per heavy atom. The fourth-order valence-corrected chi connectivity index (χ4v) is 3.53. The van der Waals surface area contributed by atoms with Crippen molar-refractivity contribution in [3.05, 3.63) is 66.1 Å². The summed E-state index contributed by atoms with van der Waals surface area (Å²) < 4.78 is 39.7. The number of halogens is 3. The second kappa shape index (κ2) is 7.67. The van der Waals surface area contributed by atoms with E-state index in [1.54, 1.807) is 30.6 Å². The minimum absolute atomic E-state index is 0.254. The first-order chi connectivity index (χ1) is 13.5. The molecule has 0 spiro atoms. The molecule has 0 bridgehead atoms. The Bertz CT molecular complexity index is 951. The second-order valence-corrected chi connectivity index (χ2v) is 6.87. The van der Waals surface area contributed by atoms with E-state index >= 15 is 0 Å². The topological polar surface area (TPSA) is 50.7 Å². The molecule has 1 fully saturated rings. The maximum absolute atomic E-state index is 13.2. The van der Waals surface area contributed by atoms with E-state index in [0.717, 1.165) is 43.3 Å². The summed E-state index contributed by atoms with van der Waals surface area (Å²) in [4.78, 5) is 4.01. The molecule has 4 rings (SSSR count). The van der Waals surface area contributed by atoms with Crippen LogP contribution in [0.15, 0.2) is 54.9 Å². The van der Waals surface area contributed by atoms with Crippen molar-refractivity contribution in [3.63, 3.8) is 0 Å². The van der Waals surface area contributed by atoms with Crippen LogP contribution in [-0.2, 0) is 6.18 Å². The zero-order valence-electron chi connectivity index (χ0n) is 15.1. The first-order valence-corrected chi connectivity index (χ1v) is 9.19. The van der Waals surface area contributed by atoms with Crippen LogP contribution in [0.4, 0.5) is 13.2 Å². The Morgan fingerprint density at radius 1 is 0.893 bits per heavy atom. The van der Waals surface area contributed by atoms with Crippen molar-refractivity contribution in [3.8, 4) is 22.4 Å². The van der Waals surface area contributed by atoms with Gasteiger partial charge < -0.3 is 5.32 Å². The highest BCUT2D eigenvalue weighted by Gasteiger charge is 2.31. The first kappa shape index (κ1) is 18.6. The molecular formula is C21H19F3N4. The number of alkyl halides is 3. The number of hydrogen-bond donors (Lipinski definition) is 1. The standard InChI is InChI=1S/C21H19F3N4/c22-21(23,24)17-3-1-2-16(12-17)18-13-19(14-4-8-25-9-5-14)27-28-20(18)15-6-10-26-11-7-15/h1-3,6-7,10-14,25H,4-5,8-9H2. The van der Waals surface area contributed by atoms with E-state index < -0.39 is 11.7 Å². The van der Waals surface area contributed by atoms with Crippen LogP contribution in [0.2, 0.25) is 0 Å². The Balaban J connectivity index is 1.85. The van der Waals surface area contributed by atoms with E-state index in [-0.39, 0.29) is 5.92 Å². The maximum Gasteiger partial charge on any atom is 0.416 e. The number of rotatable bonds is 3. The highest BCUT2D eigenvalue weighted by molar-refractivity contribution is 5.80. The molecular weight excluding hydrogens is 365 g/mol. The van der Waals surface area contributed by atoms with E-state index in [1.807, 2.05) is 6.07 Å². The lowest BCUT2D eigenvalue weighted by Crippen LogP contribution is -2.27. The normalized spacial score (nSPS) is 15.5. The fourth-order valence-electron chi connectivity index (χ4n) is 3.53. The number of pyridine rings is 1. The quantitative estimate of drug-likeness (QED) is 0.712. The minimum atomic E-state index is -4.40. The number of nitrogens with one attached hydrogen (secondary N) is 1. The van der Waals surface area contributed by atoms with Crippen molar-refractivity contribution in [1.29, 1.82) is 0 Å². The predicted molar refractivity (Wildman–Crippen MR) is 101 cm³/mol. The summed E-state index contributed by atoms with van der Waals surface area (Å²) in [7, 11) is 0. The number of piperidine rings is 1. The van der Waals surface area contributed by atoms with E-state index in [9.17, 15) is 13.2 Å². The molecule has 0 unspecified atom stereocenters. The molecule has 1 aromatic carbocycles. The zero-order chi connectivity index (χ0) is 19.6. The largest absolute Gasteiger partial charge is 0.416 e. The Hall–Kier alpha value is -2.80. The molecule has 7 heteroatoms. The monoisotopic (exact) mass is 384 g/mol. The van der Waals surface area contributed by atoms with Gasteiger partial charge in [-0.15, -0.1) is 5.10 Å². The van der Waals surface area contributed by atoms with Crippen LogP contribution in [0.25, 0.3) is 22.4 Å². The molecule has 0 aliphatic carbocycles. The lowest BCUT2D eigenvalue weighted by Gasteiger charge is -2.22. The van der Waals surface area contributed by atoms with Gasteiger partial charge in [-0.25, -0.2) is 0 Å². The highest BCUT2D eigenvalue weighted by Crippen LogP contribution is 2.36. The van der Waals surface area contributed by atoms with Gasteiger partial charge in [-0.1, -0.05) is 12.1 Å². The summed E-state index contributed by atoms with van der Waals surface area (Å²) in [6, 6.07) is 10.8. The molecule has 1 aliphatic heterocycles. The second-order valence-electron chi connectivity index (χ2n) is 6.87. The SMILES string of the molecule is FC(F)(F)c1cccc(-c2cc(C3CCNCC3)nnc2-c2ccncc2)c1. The molecule has 3 heterocycles. The van der Waals surface area contributed by atoms with Gasteiger partial charge in [-0.2, -0.15) is 18.3 Å². The van der Waals surface area contributed by atoms with Gasteiger partial charge in [0, 0.05) is 29.4 Å².